The lowest BCUT2D eigenvalue weighted by atomic mass is 9.75. The first-order valence-corrected chi connectivity index (χ1v) is 11.1. The molecule has 31 heavy (non-hydrogen) atoms. The predicted octanol–water partition coefficient (Wildman–Crippen LogP) is 3.73. The average Bonchev–Trinajstić information content (AvgIpc) is 3.45. The van der Waals surface area contributed by atoms with Gasteiger partial charge >= 0.3 is 0 Å². The minimum Gasteiger partial charge on any atom is -0.324 e. The number of fused-ring (bicyclic) bond motifs is 7. The smallest absolute Gasteiger partial charge is 0.250 e. The fraction of sp³-hybridized carbons (Fsp3) is 0.348. The van der Waals surface area contributed by atoms with Gasteiger partial charge < -0.3 is 5.32 Å². The number of halogens is 2. The van der Waals surface area contributed by atoms with Crippen molar-refractivity contribution in [1.82, 2.24) is 4.90 Å². The van der Waals surface area contributed by atoms with Crippen molar-refractivity contribution in [2.24, 2.45) is 11.8 Å². The molecule has 2 aromatic rings. The topological polar surface area (TPSA) is 69.7 Å². The number of nitrogens with zero attached hydrogens (tertiary/aromatic N) is 2. The highest BCUT2D eigenvalue weighted by molar-refractivity contribution is 6.32. The second kappa shape index (κ2) is 6.31. The lowest BCUT2D eigenvalue weighted by molar-refractivity contribution is -0.135. The molecule has 6 rings (SSSR count). The highest BCUT2D eigenvalue weighted by Gasteiger charge is 2.74. The lowest BCUT2D eigenvalue weighted by Gasteiger charge is -2.36. The van der Waals surface area contributed by atoms with E-state index in [9.17, 15) is 14.4 Å². The molecule has 0 aliphatic carbocycles. The summed E-state index contributed by atoms with van der Waals surface area (Å²) in [5, 5.41) is 4.08. The Balaban J connectivity index is 1.56. The Morgan fingerprint density at radius 2 is 1.77 bits per heavy atom. The third kappa shape index (κ3) is 2.20. The monoisotopic (exact) mass is 455 g/mol. The molecule has 158 valence electrons. The van der Waals surface area contributed by atoms with Crippen LogP contribution in [0.15, 0.2) is 36.4 Å². The molecule has 4 aliphatic rings. The number of carbonyl (C=O) groups is 3. The summed E-state index contributed by atoms with van der Waals surface area (Å²) in [4.78, 5) is 44.4. The standard InChI is InChI=1S/C23H19Cl2N3O3/c1-11-15(25)9-8-14-19(11)26-22(31)23(14)18-17(16-3-2-10-27(16)23)20(29)28(21(18)30)13-6-4-12(24)5-7-13/h4-9,16-18H,2-3,10H2,1H3,(H,26,31)/t16-,17+,18-,23-/m0/s1. The van der Waals surface area contributed by atoms with Crippen molar-refractivity contribution in [1.29, 1.82) is 0 Å². The van der Waals surface area contributed by atoms with Crippen molar-refractivity contribution in [2.75, 3.05) is 16.8 Å². The molecule has 4 heterocycles. The zero-order valence-corrected chi connectivity index (χ0v) is 18.2. The van der Waals surface area contributed by atoms with Crippen molar-refractivity contribution in [3.8, 4) is 0 Å². The molecule has 2 aromatic carbocycles. The maximum Gasteiger partial charge on any atom is 0.250 e. The van der Waals surface area contributed by atoms with Crippen LogP contribution < -0.4 is 10.2 Å². The molecule has 3 fully saturated rings. The van der Waals surface area contributed by atoms with Crippen molar-refractivity contribution >= 4 is 52.3 Å². The highest BCUT2D eigenvalue weighted by atomic mass is 35.5. The maximum atomic E-state index is 13.8. The van der Waals surface area contributed by atoms with E-state index in [2.05, 4.69) is 10.2 Å². The quantitative estimate of drug-likeness (QED) is 0.665. The lowest BCUT2D eigenvalue weighted by Crippen LogP contribution is -2.54. The normalized spacial score (nSPS) is 31.4. The Morgan fingerprint density at radius 3 is 2.52 bits per heavy atom. The predicted molar refractivity (Wildman–Crippen MR) is 117 cm³/mol. The summed E-state index contributed by atoms with van der Waals surface area (Å²) in [5.41, 5.74) is 1.48. The van der Waals surface area contributed by atoms with Crippen LogP contribution in [0, 0.1) is 18.8 Å². The van der Waals surface area contributed by atoms with Crippen molar-refractivity contribution in [2.45, 2.75) is 31.3 Å². The minimum atomic E-state index is -1.19. The van der Waals surface area contributed by atoms with Crippen LogP contribution in [0.1, 0.15) is 24.0 Å². The van der Waals surface area contributed by atoms with Crippen LogP contribution in [0.3, 0.4) is 0 Å². The third-order valence-corrected chi connectivity index (χ3v) is 8.11. The van der Waals surface area contributed by atoms with Crippen molar-refractivity contribution in [3.63, 3.8) is 0 Å². The number of imide groups is 1. The second-order valence-corrected chi connectivity index (χ2v) is 9.55. The van der Waals surface area contributed by atoms with Gasteiger partial charge in [-0.15, -0.1) is 0 Å². The Kier molecular flexibility index (Phi) is 3.93. The van der Waals surface area contributed by atoms with Gasteiger partial charge in [0.25, 0.3) is 0 Å². The molecule has 4 atom stereocenters. The number of anilines is 2. The number of hydrogen-bond acceptors (Lipinski definition) is 4. The van der Waals surface area contributed by atoms with Gasteiger partial charge in [-0.2, -0.15) is 0 Å². The van der Waals surface area contributed by atoms with Crippen LogP contribution in [0.4, 0.5) is 11.4 Å². The van der Waals surface area contributed by atoms with Crippen molar-refractivity contribution in [3.05, 3.63) is 57.6 Å². The minimum absolute atomic E-state index is 0.147. The molecular formula is C23H19Cl2N3O3. The Bertz CT molecular complexity index is 1180. The van der Waals surface area contributed by atoms with Gasteiger partial charge in [-0.1, -0.05) is 29.3 Å². The van der Waals surface area contributed by atoms with E-state index in [1.807, 2.05) is 13.0 Å². The summed E-state index contributed by atoms with van der Waals surface area (Å²) in [7, 11) is 0. The fourth-order valence-corrected chi connectivity index (χ4v) is 6.52. The Labute approximate surface area is 189 Å². The largest absolute Gasteiger partial charge is 0.324 e. The number of hydrogen-bond donors (Lipinski definition) is 1. The van der Waals surface area contributed by atoms with Crippen LogP contribution in [-0.2, 0) is 19.9 Å². The average molecular weight is 456 g/mol. The molecule has 6 nitrogen and oxygen atoms in total. The zero-order valence-electron chi connectivity index (χ0n) is 16.7. The van der Waals surface area contributed by atoms with Gasteiger partial charge in [-0.3, -0.25) is 19.3 Å². The molecule has 0 saturated carbocycles. The van der Waals surface area contributed by atoms with E-state index in [-0.39, 0.29) is 23.8 Å². The van der Waals surface area contributed by atoms with Gasteiger partial charge in [0.15, 0.2) is 0 Å². The zero-order chi connectivity index (χ0) is 21.7. The van der Waals surface area contributed by atoms with Crippen molar-refractivity contribution < 1.29 is 14.4 Å². The number of rotatable bonds is 1. The van der Waals surface area contributed by atoms with Crippen LogP contribution in [0.5, 0.6) is 0 Å². The molecule has 4 aliphatic heterocycles. The van der Waals surface area contributed by atoms with E-state index in [4.69, 9.17) is 23.2 Å². The molecular weight excluding hydrogens is 437 g/mol. The molecule has 0 aromatic heterocycles. The number of carbonyl (C=O) groups excluding carboxylic acids is 3. The molecule has 0 radical (unpaired) electrons. The first-order chi connectivity index (χ1) is 14.9. The molecule has 1 N–H and O–H groups in total. The van der Waals surface area contributed by atoms with Crippen LogP contribution in [-0.4, -0.2) is 35.2 Å². The SMILES string of the molecule is Cc1c(Cl)ccc2c1NC(=O)[C@@]21[C@@H]2C(=O)N(c3ccc(Cl)cc3)C(=O)[C@@H]2[C@@H]2CCCN21. The second-order valence-electron chi connectivity index (χ2n) is 8.71. The Hall–Kier alpha value is -2.41. The third-order valence-electron chi connectivity index (χ3n) is 7.45. The molecule has 3 amide bonds. The Morgan fingerprint density at radius 1 is 1.03 bits per heavy atom. The first-order valence-electron chi connectivity index (χ1n) is 10.4. The van der Waals surface area contributed by atoms with E-state index >= 15 is 0 Å². The van der Waals surface area contributed by atoms with Gasteiger partial charge in [0.05, 0.1) is 23.2 Å². The van der Waals surface area contributed by atoms with E-state index in [0.29, 0.717) is 28.0 Å². The summed E-state index contributed by atoms with van der Waals surface area (Å²) in [6.07, 6.45) is 1.67. The molecule has 0 unspecified atom stereocenters. The van der Waals surface area contributed by atoms with Gasteiger partial charge in [0, 0.05) is 21.7 Å². The maximum absolute atomic E-state index is 13.8. The van der Waals surface area contributed by atoms with E-state index in [1.165, 1.54) is 4.90 Å². The fourth-order valence-electron chi connectivity index (χ4n) is 6.24. The number of amides is 3. The summed E-state index contributed by atoms with van der Waals surface area (Å²) < 4.78 is 0. The molecule has 0 bridgehead atoms. The summed E-state index contributed by atoms with van der Waals surface area (Å²) in [5.74, 6) is -2.15. The van der Waals surface area contributed by atoms with E-state index < -0.39 is 17.4 Å². The van der Waals surface area contributed by atoms with Crippen LogP contribution >= 0.6 is 23.2 Å². The summed E-state index contributed by atoms with van der Waals surface area (Å²) in [6.45, 7) is 2.53. The highest BCUT2D eigenvalue weighted by Crippen LogP contribution is 2.61. The molecule has 8 heteroatoms. The molecule has 3 saturated heterocycles. The van der Waals surface area contributed by atoms with Gasteiger partial charge in [0.1, 0.15) is 5.54 Å². The number of nitrogens with one attached hydrogen (secondary N) is 1. The van der Waals surface area contributed by atoms with Crippen LogP contribution in [0.25, 0.3) is 0 Å². The summed E-state index contributed by atoms with van der Waals surface area (Å²) >= 11 is 12.3. The van der Waals surface area contributed by atoms with Gasteiger partial charge in [-0.25, -0.2) is 4.90 Å². The van der Waals surface area contributed by atoms with Gasteiger partial charge in [0.2, 0.25) is 17.7 Å². The molecule has 1 spiro atoms. The van der Waals surface area contributed by atoms with E-state index in [0.717, 1.165) is 24.0 Å². The number of benzene rings is 2. The summed E-state index contributed by atoms with van der Waals surface area (Å²) in [6, 6.07) is 10.1. The van der Waals surface area contributed by atoms with E-state index in [1.54, 1.807) is 30.3 Å². The van der Waals surface area contributed by atoms with Crippen LogP contribution in [0.2, 0.25) is 10.0 Å². The van der Waals surface area contributed by atoms with Gasteiger partial charge in [-0.05, 0) is 62.2 Å². The first kappa shape index (κ1) is 19.3.